The third-order valence-electron chi connectivity index (χ3n) is 4.22. The quantitative estimate of drug-likeness (QED) is 0.913. The van der Waals surface area contributed by atoms with Crippen molar-refractivity contribution in [2.45, 2.75) is 6.54 Å². The number of rotatable bonds is 3. The van der Waals surface area contributed by atoms with Gasteiger partial charge in [0, 0.05) is 16.1 Å². The van der Waals surface area contributed by atoms with Gasteiger partial charge in [-0.15, -0.1) is 0 Å². The summed E-state index contributed by atoms with van der Waals surface area (Å²) in [6.07, 6.45) is 0. The predicted octanol–water partition coefficient (Wildman–Crippen LogP) is 2.02. The van der Waals surface area contributed by atoms with Gasteiger partial charge < -0.3 is 9.80 Å². The Bertz CT molecular complexity index is 664. The maximum Gasteiger partial charge on any atom is 0.254 e. The second-order valence-electron chi connectivity index (χ2n) is 5.85. The zero-order chi connectivity index (χ0) is 16.2. The summed E-state index contributed by atoms with van der Waals surface area (Å²) in [6, 6.07) is 13.7. The molecule has 3 nitrogen and oxygen atoms in total. The number of nitrogens with zero attached hydrogens (tertiary/aromatic N) is 1. The van der Waals surface area contributed by atoms with Crippen LogP contribution < -0.4 is 4.90 Å². The van der Waals surface area contributed by atoms with Gasteiger partial charge in [0.1, 0.15) is 12.4 Å². The molecule has 0 radical (unpaired) electrons. The average Bonchev–Trinajstić information content (AvgIpc) is 2.58. The summed E-state index contributed by atoms with van der Waals surface area (Å²) in [5, 5.41) is 0.749. The van der Waals surface area contributed by atoms with Crippen LogP contribution in [-0.4, -0.2) is 37.0 Å². The second-order valence-corrected chi connectivity index (χ2v) is 6.29. The van der Waals surface area contributed by atoms with E-state index in [4.69, 9.17) is 11.6 Å². The highest BCUT2D eigenvalue weighted by Gasteiger charge is 2.24. The van der Waals surface area contributed by atoms with E-state index >= 15 is 0 Å². The van der Waals surface area contributed by atoms with E-state index in [0.717, 1.165) is 37.7 Å². The molecule has 1 amide bonds. The maximum absolute atomic E-state index is 12.9. The van der Waals surface area contributed by atoms with Crippen molar-refractivity contribution in [3.05, 3.63) is 70.5 Å². The van der Waals surface area contributed by atoms with Gasteiger partial charge in [-0.2, -0.15) is 0 Å². The molecule has 23 heavy (non-hydrogen) atoms. The molecule has 1 aliphatic heterocycles. The summed E-state index contributed by atoms with van der Waals surface area (Å²) in [5.41, 5.74) is 1.80. The van der Waals surface area contributed by atoms with Crippen LogP contribution in [0.15, 0.2) is 48.5 Å². The van der Waals surface area contributed by atoms with Crippen molar-refractivity contribution in [2.75, 3.05) is 26.2 Å². The van der Waals surface area contributed by atoms with E-state index in [-0.39, 0.29) is 11.7 Å². The number of benzene rings is 2. The standard InChI is InChI=1S/C18H18ClFN2O/c19-16-5-1-14(2-6-16)13-21-9-11-22(12-10-21)18(23)15-3-7-17(20)8-4-15/h1-8H,9-13H2/p+1. The van der Waals surface area contributed by atoms with Gasteiger partial charge in [-0.1, -0.05) is 23.7 Å². The molecule has 1 aliphatic rings. The molecule has 120 valence electrons. The van der Waals surface area contributed by atoms with Crippen molar-refractivity contribution in [3.8, 4) is 0 Å². The summed E-state index contributed by atoms with van der Waals surface area (Å²) < 4.78 is 12.9. The van der Waals surface area contributed by atoms with Gasteiger partial charge in [-0.3, -0.25) is 4.79 Å². The van der Waals surface area contributed by atoms with E-state index < -0.39 is 0 Å². The first-order valence-electron chi connectivity index (χ1n) is 7.75. The third kappa shape index (κ3) is 4.09. The molecule has 0 spiro atoms. The van der Waals surface area contributed by atoms with E-state index in [1.54, 1.807) is 12.1 Å². The zero-order valence-electron chi connectivity index (χ0n) is 12.8. The minimum absolute atomic E-state index is 0.0180. The van der Waals surface area contributed by atoms with Gasteiger partial charge >= 0.3 is 0 Å². The predicted molar refractivity (Wildman–Crippen MR) is 88.2 cm³/mol. The summed E-state index contributed by atoms with van der Waals surface area (Å²) >= 11 is 5.90. The summed E-state index contributed by atoms with van der Waals surface area (Å²) in [4.78, 5) is 15.7. The smallest absolute Gasteiger partial charge is 0.254 e. The number of hydrogen-bond donors (Lipinski definition) is 1. The van der Waals surface area contributed by atoms with Crippen LogP contribution in [-0.2, 0) is 6.54 Å². The molecule has 2 aromatic rings. The Hall–Kier alpha value is -1.91. The fourth-order valence-electron chi connectivity index (χ4n) is 2.87. The lowest BCUT2D eigenvalue weighted by molar-refractivity contribution is -0.917. The number of carbonyl (C=O) groups is 1. The molecule has 1 saturated heterocycles. The lowest BCUT2D eigenvalue weighted by Gasteiger charge is -2.32. The van der Waals surface area contributed by atoms with Crippen LogP contribution >= 0.6 is 11.6 Å². The molecule has 0 atom stereocenters. The molecule has 0 bridgehead atoms. The first-order valence-corrected chi connectivity index (χ1v) is 8.12. The maximum atomic E-state index is 12.9. The van der Waals surface area contributed by atoms with Gasteiger partial charge in [0.25, 0.3) is 5.91 Å². The van der Waals surface area contributed by atoms with Gasteiger partial charge in [0.05, 0.1) is 26.2 Å². The van der Waals surface area contributed by atoms with Crippen LogP contribution in [0.5, 0.6) is 0 Å². The Balaban J connectivity index is 1.54. The number of hydrogen-bond acceptors (Lipinski definition) is 1. The monoisotopic (exact) mass is 333 g/mol. The zero-order valence-corrected chi connectivity index (χ0v) is 13.5. The molecule has 1 fully saturated rings. The summed E-state index contributed by atoms with van der Waals surface area (Å²) in [6.45, 7) is 4.21. The number of quaternary nitrogens is 1. The van der Waals surface area contributed by atoms with E-state index in [9.17, 15) is 9.18 Å². The van der Waals surface area contributed by atoms with E-state index in [0.29, 0.717) is 5.56 Å². The van der Waals surface area contributed by atoms with Crippen LogP contribution in [0, 0.1) is 5.82 Å². The van der Waals surface area contributed by atoms with Crippen molar-refractivity contribution in [1.82, 2.24) is 4.90 Å². The van der Waals surface area contributed by atoms with E-state index in [1.807, 2.05) is 29.2 Å². The molecule has 0 aliphatic carbocycles. The topological polar surface area (TPSA) is 24.8 Å². The fourth-order valence-corrected chi connectivity index (χ4v) is 2.99. The molecular formula is C18H19ClFN2O+. The number of amides is 1. The number of nitrogens with one attached hydrogen (secondary N) is 1. The molecule has 0 aromatic heterocycles. The summed E-state index contributed by atoms with van der Waals surface area (Å²) in [5.74, 6) is -0.339. The van der Waals surface area contributed by atoms with Crippen LogP contribution in [0.4, 0.5) is 4.39 Å². The Kier molecular flexibility index (Phi) is 4.94. The second kappa shape index (κ2) is 7.11. The van der Waals surface area contributed by atoms with Gasteiger partial charge in [-0.25, -0.2) is 4.39 Å². The molecule has 1 heterocycles. The first-order chi connectivity index (χ1) is 11.1. The third-order valence-corrected chi connectivity index (χ3v) is 4.47. The molecule has 3 rings (SSSR count). The fraction of sp³-hybridized carbons (Fsp3) is 0.278. The largest absolute Gasteiger partial charge is 0.328 e. The minimum Gasteiger partial charge on any atom is -0.328 e. The van der Waals surface area contributed by atoms with Crippen molar-refractivity contribution in [2.24, 2.45) is 0 Å². The van der Waals surface area contributed by atoms with Crippen molar-refractivity contribution < 1.29 is 14.1 Å². The van der Waals surface area contributed by atoms with Crippen molar-refractivity contribution in [3.63, 3.8) is 0 Å². The molecule has 0 unspecified atom stereocenters. The van der Waals surface area contributed by atoms with Crippen molar-refractivity contribution in [1.29, 1.82) is 0 Å². The molecule has 0 saturated carbocycles. The highest BCUT2D eigenvalue weighted by molar-refractivity contribution is 6.30. The van der Waals surface area contributed by atoms with Crippen LogP contribution in [0.2, 0.25) is 5.02 Å². The van der Waals surface area contributed by atoms with E-state index in [1.165, 1.54) is 22.6 Å². The Morgan fingerprint density at radius 3 is 2.26 bits per heavy atom. The Labute approximate surface area is 140 Å². The number of piperazine rings is 1. The highest BCUT2D eigenvalue weighted by atomic mass is 35.5. The van der Waals surface area contributed by atoms with Crippen LogP contribution in [0.3, 0.4) is 0 Å². The number of halogens is 2. The normalized spacial score (nSPS) is 15.7. The summed E-state index contributed by atoms with van der Waals surface area (Å²) in [7, 11) is 0. The molecular weight excluding hydrogens is 315 g/mol. The lowest BCUT2D eigenvalue weighted by atomic mass is 10.1. The molecule has 1 N–H and O–H groups in total. The SMILES string of the molecule is O=C(c1ccc(F)cc1)N1CC[NH+](Cc2ccc(Cl)cc2)CC1. The molecule has 2 aromatic carbocycles. The average molecular weight is 334 g/mol. The number of carbonyl (C=O) groups excluding carboxylic acids is 1. The Morgan fingerprint density at radius 1 is 1.04 bits per heavy atom. The van der Waals surface area contributed by atoms with Crippen LogP contribution in [0.25, 0.3) is 0 Å². The first kappa shape index (κ1) is 16.0. The van der Waals surface area contributed by atoms with Crippen molar-refractivity contribution >= 4 is 17.5 Å². The van der Waals surface area contributed by atoms with Gasteiger partial charge in [0.15, 0.2) is 0 Å². The lowest BCUT2D eigenvalue weighted by Crippen LogP contribution is -3.13. The van der Waals surface area contributed by atoms with E-state index in [2.05, 4.69) is 0 Å². The highest BCUT2D eigenvalue weighted by Crippen LogP contribution is 2.09. The van der Waals surface area contributed by atoms with Crippen LogP contribution in [0.1, 0.15) is 15.9 Å². The minimum atomic E-state index is -0.321. The Morgan fingerprint density at radius 2 is 1.65 bits per heavy atom. The molecule has 5 heteroatoms. The van der Waals surface area contributed by atoms with Gasteiger partial charge in [0.2, 0.25) is 0 Å². The van der Waals surface area contributed by atoms with Gasteiger partial charge in [-0.05, 0) is 36.4 Å².